The van der Waals surface area contributed by atoms with Crippen molar-refractivity contribution in [3.8, 4) is 0 Å². The lowest BCUT2D eigenvalue weighted by molar-refractivity contribution is 0.0828. The summed E-state index contributed by atoms with van der Waals surface area (Å²) in [5, 5.41) is 13.3. The minimum atomic E-state index is -0.485. The van der Waals surface area contributed by atoms with Crippen LogP contribution in [0.3, 0.4) is 0 Å². The Morgan fingerprint density at radius 2 is 2.24 bits per heavy atom. The van der Waals surface area contributed by atoms with Crippen molar-refractivity contribution in [3.63, 3.8) is 0 Å². The lowest BCUT2D eigenvalue weighted by Crippen LogP contribution is -2.50. The quantitative estimate of drug-likeness (QED) is 0.859. The van der Waals surface area contributed by atoms with Gasteiger partial charge in [0.25, 0.3) is 5.91 Å². The first-order valence-corrected chi connectivity index (χ1v) is 6.65. The van der Waals surface area contributed by atoms with Gasteiger partial charge in [-0.2, -0.15) is 0 Å². The van der Waals surface area contributed by atoms with Crippen molar-refractivity contribution in [2.24, 2.45) is 5.92 Å². The van der Waals surface area contributed by atoms with Gasteiger partial charge in [0.2, 0.25) is 0 Å². The number of aliphatic hydroxyl groups excluding tert-OH is 1. The summed E-state index contributed by atoms with van der Waals surface area (Å²) in [5.74, 6) is 0.294. The lowest BCUT2D eigenvalue weighted by Gasteiger charge is -2.28. The number of thiazole rings is 1. The second kappa shape index (κ2) is 4.38. The molecule has 1 aliphatic rings. The molecular weight excluding hydrogens is 236 g/mol. The minimum absolute atomic E-state index is 0.0137. The molecular formula is C12H18N2O2S. The zero-order valence-electron chi connectivity index (χ0n) is 10.4. The van der Waals surface area contributed by atoms with E-state index in [1.54, 1.807) is 0 Å². The predicted molar refractivity (Wildman–Crippen MR) is 67.3 cm³/mol. The average Bonchev–Trinajstić information content (AvgIpc) is 3.05. The maximum atomic E-state index is 12.1. The van der Waals surface area contributed by atoms with Gasteiger partial charge in [0.15, 0.2) is 0 Å². The van der Waals surface area contributed by atoms with Crippen molar-refractivity contribution in [1.82, 2.24) is 10.3 Å². The number of nitrogens with one attached hydrogen (secondary N) is 1. The second-order valence-electron chi connectivity index (χ2n) is 4.95. The van der Waals surface area contributed by atoms with Gasteiger partial charge in [0.1, 0.15) is 4.88 Å². The molecule has 4 nitrogen and oxygen atoms in total. The molecule has 5 heteroatoms. The van der Waals surface area contributed by atoms with Gasteiger partial charge in [-0.05, 0) is 39.5 Å². The minimum Gasteiger partial charge on any atom is -0.394 e. The van der Waals surface area contributed by atoms with E-state index in [1.165, 1.54) is 11.3 Å². The standard InChI is InChI=1S/C12H18N2O2S/c1-7-10(17-8(2)13-7)11(16)14-12(3,6-15)9-4-5-9/h9,15H,4-6H2,1-3H3,(H,14,16). The molecule has 1 heterocycles. The van der Waals surface area contributed by atoms with E-state index in [-0.39, 0.29) is 12.5 Å². The maximum Gasteiger partial charge on any atom is 0.263 e. The molecule has 1 aromatic rings. The van der Waals surface area contributed by atoms with Crippen LogP contribution in [-0.4, -0.2) is 28.1 Å². The summed E-state index contributed by atoms with van der Waals surface area (Å²) in [6.45, 7) is 5.62. The molecule has 0 radical (unpaired) electrons. The van der Waals surface area contributed by atoms with Crippen LogP contribution in [0.5, 0.6) is 0 Å². The number of hydrogen-bond acceptors (Lipinski definition) is 4. The third-order valence-electron chi connectivity index (χ3n) is 3.32. The van der Waals surface area contributed by atoms with E-state index in [2.05, 4.69) is 10.3 Å². The normalized spacial score (nSPS) is 18.8. The van der Waals surface area contributed by atoms with Gasteiger partial charge in [-0.15, -0.1) is 11.3 Å². The summed E-state index contributed by atoms with van der Waals surface area (Å²) in [7, 11) is 0. The van der Waals surface area contributed by atoms with E-state index in [9.17, 15) is 9.90 Å². The van der Waals surface area contributed by atoms with E-state index >= 15 is 0 Å². The topological polar surface area (TPSA) is 62.2 Å². The van der Waals surface area contributed by atoms with Crippen LogP contribution in [0.4, 0.5) is 0 Å². The number of aryl methyl sites for hydroxylation is 2. The Morgan fingerprint density at radius 3 is 2.65 bits per heavy atom. The number of amides is 1. The molecule has 0 aromatic carbocycles. The molecule has 1 fully saturated rings. The number of aliphatic hydroxyl groups is 1. The SMILES string of the molecule is Cc1nc(C)c(C(=O)NC(C)(CO)C2CC2)s1. The fourth-order valence-corrected chi connectivity index (χ4v) is 2.86. The molecule has 0 aliphatic heterocycles. The Balaban J connectivity index is 2.13. The van der Waals surface area contributed by atoms with Crippen LogP contribution < -0.4 is 5.32 Å². The summed E-state index contributed by atoms with van der Waals surface area (Å²) in [4.78, 5) is 17.0. The molecule has 0 spiro atoms. The van der Waals surface area contributed by atoms with Gasteiger partial charge in [-0.1, -0.05) is 0 Å². The smallest absolute Gasteiger partial charge is 0.263 e. The van der Waals surface area contributed by atoms with Crippen LogP contribution in [0.1, 0.15) is 40.1 Å². The maximum absolute atomic E-state index is 12.1. The molecule has 0 bridgehead atoms. The molecule has 0 saturated heterocycles. The zero-order valence-corrected chi connectivity index (χ0v) is 11.2. The summed E-state index contributed by atoms with van der Waals surface area (Å²) >= 11 is 1.40. The summed E-state index contributed by atoms with van der Waals surface area (Å²) in [6, 6.07) is 0. The Kier molecular flexibility index (Phi) is 3.23. The van der Waals surface area contributed by atoms with E-state index in [0.717, 1.165) is 23.5 Å². The Morgan fingerprint density at radius 1 is 1.59 bits per heavy atom. The first-order valence-electron chi connectivity index (χ1n) is 5.83. The van der Waals surface area contributed by atoms with Crippen LogP contribution in [0.2, 0.25) is 0 Å². The number of aromatic nitrogens is 1. The first kappa shape index (κ1) is 12.5. The summed E-state index contributed by atoms with van der Waals surface area (Å²) in [5.41, 5.74) is 0.280. The van der Waals surface area contributed by atoms with E-state index in [0.29, 0.717) is 10.8 Å². The Hall–Kier alpha value is -0.940. The van der Waals surface area contributed by atoms with Crippen molar-refractivity contribution in [2.45, 2.75) is 39.2 Å². The molecule has 94 valence electrons. The highest BCUT2D eigenvalue weighted by molar-refractivity contribution is 7.13. The van der Waals surface area contributed by atoms with Crippen molar-refractivity contribution >= 4 is 17.2 Å². The number of nitrogens with zero attached hydrogens (tertiary/aromatic N) is 1. The number of hydrogen-bond donors (Lipinski definition) is 2. The average molecular weight is 254 g/mol. The second-order valence-corrected chi connectivity index (χ2v) is 6.15. The molecule has 1 saturated carbocycles. The molecule has 1 unspecified atom stereocenters. The number of rotatable bonds is 4. The van der Waals surface area contributed by atoms with Crippen molar-refractivity contribution < 1.29 is 9.90 Å². The number of carbonyl (C=O) groups is 1. The Labute approximate surface area is 105 Å². The highest BCUT2D eigenvalue weighted by atomic mass is 32.1. The zero-order chi connectivity index (χ0) is 12.6. The first-order chi connectivity index (χ1) is 7.96. The molecule has 17 heavy (non-hydrogen) atoms. The van der Waals surface area contributed by atoms with E-state index in [1.807, 2.05) is 20.8 Å². The predicted octanol–water partition coefficient (Wildman–Crippen LogP) is 1.65. The summed E-state index contributed by atoms with van der Waals surface area (Å²) < 4.78 is 0. The lowest BCUT2D eigenvalue weighted by atomic mass is 9.97. The molecule has 1 amide bonds. The summed E-state index contributed by atoms with van der Waals surface area (Å²) in [6.07, 6.45) is 2.16. The van der Waals surface area contributed by atoms with E-state index < -0.39 is 5.54 Å². The third-order valence-corrected chi connectivity index (χ3v) is 4.39. The molecule has 1 atom stereocenters. The van der Waals surface area contributed by atoms with Gasteiger partial charge >= 0.3 is 0 Å². The van der Waals surface area contributed by atoms with Gasteiger partial charge in [0, 0.05) is 0 Å². The largest absolute Gasteiger partial charge is 0.394 e. The highest BCUT2D eigenvalue weighted by Gasteiger charge is 2.42. The number of carbonyl (C=O) groups excluding carboxylic acids is 1. The van der Waals surface area contributed by atoms with E-state index in [4.69, 9.17) is 0 Å². The van der Waals surface area contributed by atoms with Gasteiger partial charge in [-0.3, -0.25) is 4.79 Å². The molecule has 2 N–H and O–H groups in total. The highest BCUT2D eigenvalue weighted by Crippen LogP contribution is 2.39. The van der Waals surface area contributed by atoms with Crippen LogP contribution in [0.25, 0.3) is 0 Å². The van der Waals surface area contributed by atoms with Gasteiger partial charge < -0.3 is 10.4 Å². The van der Waals surface area contributed by atoms with Gasteiger partial charge in [0.05, 0.1) is 22.8 Å². The van der Waals surface area contributed by atoms with Crippen molar-refractivity contribution in [3.05, 3.63) is 15.6 Å². The monoisotopic (exact) mass is 254 g/mol. The van der Waals surface area contributed by atoms with Gasteiger partial charge in [-0.25, -0.2) is 4.98 Å². The van der Waals surface area contributed by atoms with Crippen molar-refractivity contribution in [2.75, 3.05) is 6.61 Å². The molecule has 1 aliphatic carbocycles. The molecule has 1 aromatic heterocycles. The third kappa shape index (κ3) is 2.50. The van der Waals surface area contributed by atoms with Crippen LogP contribution >= 0.6 is 11.3 Å². The van der Waals surface area contributed by atoms with Crippen LogP contribution in [0.15, 0.2) is 0 Å². The molecule has 2 rings (SSSR count). The Bertz CT molecular complexity index is 440. The van der Waals surface area contributed by atoms with Crippen molar-refractivity contribution in [1.29, 1.82) is 0 Å². The fraction of sp³-hybridized carbons (Fsp3) is 0.667. The van der Waals surface area contributed by atoms with Crippen LogP contribution in [0, 0.1) is 19.8 Å². The fourth-order valence-electron chi connectivity index (χ4n) is 2.05. The van der Waals surface area contributed by atoms with Crippen LogP contribution in [-0.2, 0) is 0 Å².